The molecule has 0 radical (unpaired) electrons. The summed E-state index contributed by atoms with van der Waals surface area (Å²) in [7, 11) is 0. The van der Waals surface area contributed by atoms with E-state index < -0.39 is 4.92 Å². The summed E-state index contributed by atoms with van der Waals surface area (Å²) in [5.74, 6) is 0.357. The lowest BCUT2D eigenvalue weighted by molar-refractivity contribution is -0.389. The highest BCUT2D eigenvalue weighted by Gasteiger charge is 2.22. The Balaban J connectivity index is 2.08. The van der Waals surface area contributed by atoms with Crippen LogP contribution in [0.25, 0.3) is 0 Å². The van der Waals surface area contributed by atoms with Crippen molar-refractivity contribution in [2.75, 3.05) is 0 Å². The molecule has 5 nitrogen and oxygen atoms in total. The van der Waals surface area contributed by atoms with Gasteiger partial charge in [0.15, 0.2) is 5.02 Å². The highest BCUT2D eigenvalue weighted by atomic mass is 35.5. The van der Waals surface area contributed by atoms with Crippen LogP contribution < -0.4 is 0 Å². The molecule has 1 aliphatic rings. The zero-order valence-corrected chi connectivity index (χ0v) is 8.98. The number of hydrogen-bond donors (Lipinski definition) is 0. The van der Waals surface area contributed by atoms with Crippen molar-refractivity contribution in [3.8, 4) is 0 Å². The fourth-order valence-corrected chi connectivity index (χ4v) is 2.28. The van der Waals surface area contributed by atoms with Crippen molar-refractivity contribution in [3.63, 3.8) is 0 Å². The van der Waals surface area contributed by atoms with Crippen molar-refractivity contribution in [1.82, 2.24) is 9.78 Å². The molecule has 1 heterocycles. The first kappa shape index (κ1) is 10.4. The average molecular weight is 230 g/mol. The fraction of sp³-hybridized carbons (Fsp3) is 0.667. The minimum absolute atomic E-state index is 0.123. The Morgan fingerprint density at radius 2 is 2.27 bits per heavy atom. The van der Waals surface area contributed by atoms with E-state index in [2.05, 4.69) is 5.10 Å². The molecule has 82 valence electrons. The van der Waals surface area contributed by atoms with Crippen LogP contribution in [0.4, 0.5) is 5.82 Å². The number of rotatable bonds is 3. The largest absolute Gasteiger partial charge is 0.408 e. The molecule has 1 aromatic heterocycles. The van der Waals surface area contributed by atoms with Gasteiger partial charge in [-0.05, 0) is 23.7 Å². The Kier molecular flexibility index (Phi) is 2.90. The smallest absolute Gasteiger partial charge is 0.358 e. The number of halogens is 1. The Morgan fingerprint density at radius 1 is 1.60 bits per heavy atom. The molecular formula is C9H12ClN3O2. The molecule has 6 heteroatoms. The van der Waals surface area contributed by atoms with E-state index in [1.54, 1.807) is 4.68 Å². The predicted molar refractivity (Wildman–Crippen MR) is 55.8 cm³/mol. The van der Waals surface area contributed by atoms with Gasteiger partial charge in [0.2, 0.25) is 0 Å². The second-order valence-electron chi connectivity index (χ2n) is 3.93. The van der Waals surface area contributed by atoms with Gasteiger partial charge in [0, 0.05) is 0 Å². The molecule has 0 atom stereocenters. The zero-order chi connectivity index (χ0) is 10.8. The van der Waals surface area contributed by atoms with Gasteiger partial charge in [-0.3, -0.25) is 0 Å². The second-order valence-corrected chi connectivity index (χ2v) is 4.34. The van der Waals surface area contributed by atoms with Crippen LogP contribution in [0.5, 0.6) is 0 Å². The van der Waals surface area contributed by atoms with Crippen LogP contribution in [0.1, 0.15) is 25.7 Å². The molecule has 15 heavy (non-hydrogen) atoms. The van der Waals surface area contributed by atoms with Gasteiger partial charge in [-0.25, -0.2) is 0 Å². The predicted octanol–water partition coefficient (Wildman–Crippen LogP) is 2.63. The number of aromatic nitrogens is 2. The van der Waals surface area contributed by atoms with Crippen molar-refractivity contribution in [2.24, 2.45) is 5.92 Å². The lowest BCUT2D eigenvalue weighted by Gasteiger charge is -2.04. The molecule has 0 aromatic carbocycles. The van der Waals surface area contributed by atoms with Gasteiger partial charge >= 0.3 is 5.82 Å². The Morgan fingerprint density at radius 3 is 2.80 bits per heavy atom. The SMILES string of the molecule is O=[N+]([O-])c1nn(CC2CCCC2)cc1Cl. The van der Waals surface area contributed by atoms with Crippen LogP contribution in [0.3, 0.4) is 0 Å². The van der Waals surface area contributed by atoms with E-state index in [-0.39, 0.29) is 10.8 Å². The summed E-state index contributed by atoms with van der Waals surface area (Å²) in [4.78, 5) is 9.97. The third-order valence-corrected chi connectivity index (χ3v) is 3.06. The second kappa shape index (κ2) is 4.18. The van der Waals surface area contributed by atoms with Crippen LogP contribution in [0.15, 0.2) is 6.20 Å². The Labute approximate surface area is 92.2 Å². The lowest BCUT2D eigenvalue weighted by atomic mass is 10.1. The van der Waals surface area contributed by atoms with E-state index in [1.807, 2.05) is 0 Å². The standard InChI is InChI=1S/C9H12ClN3O2/c10-8-6-12(11-9(8)13(14)15)5-7-3-1-2-4-7/h6-7H,1-5H2. The highest BCUT2D eigenvalue weighted by Crippen LogP contribution is 2.28. The zero-order valence-electron chi connectivity index (χ0n) is 8.23. The fourth-order valence-electron chi connectivity index (χ4n) is 2.06. The third-order valence-electron chi connectivity index (χ3n) is 2.79. The summed E-state index contributed by atoms with van der Waals surface area (Å²) < 4.78 is 1.59. The van der Waals surface area contributed by atoms with Gasteiger partial charge in [-0.1, -0.05) is 24.4 Å². The van der Waals surface area contributed by atoms with Gasteiger partial charge < -0.3 is 10.1 Å². The van der Waals surface area contributed by atoms with Crippen molar-refractivity contribution in [1.29, 1.82) is 0 Å². The lowest BCUT2D eigenvalue weighted by Crippen LogP contribution is -2.08. The van der Waals surface area contributed by atoms with E-state index in [0.717, 1.165) is 6.54 Å². The van der Waals surface area contributed by atoms with Crippen LogP contribution in [-0.2, 0) is 6.54 Å². The number of nitro groups is 1. The van der Waals surface area contributed by atoms with E-state index in [1.165, 1.54) is 31.9 Å². The van der Waals surface area contributed by atoms with Crippen molar-refractivity contribution in [2.45, 2.75) is 32.2 Å². The molecule has 1 aromatic rings. The summed E-state index contributed by atoms with van der Waals surface area (Å²) in [5, 5.41) is 14.5. The first-order valence-corrected chi connectivity index (χ1v) is 5.42. The monoisotopic (exact) mass is 229 g/mol. The van der Waals surface area contributed by atoms with Gasteiger partial charge in [-0.15, -0.1) is 0 Å². The Bertz CT molecular complexity index is 371. The molecule has 1 saturated carbocycles. The molecule has 0 bridgehead atoms. The van der Waals surface area contributed by atoms with E-state index >= 15 is 0 Å². The minimum Gasteiger partial charge on any atom is -0.358 e. The molecule has 0 unspecified atom stereocenters. The van der Waals surface area contributed by atoms with Crippen molar-refractivity contribution < 1.29 is 4.92 Å². The summed E-state index contributed by atoms with van der Waals surface area (Å²) in [6.07, 6.45) is 6.41. The molecule has 0 spiro atoms. The van der Waals surface area contributed by atoms with Gasteiger partial charge in [0.1, 0.15) is 0 Å². The summed E-state index contributed by atoms with van der Waals surface area (Å²) in [6, 6.07) is 0. The Hall–Kier alpha value is -1.10. The van der Waals surface area contributed by atoms with Crippen LogP contribution in [0.2, 0.25) is 5.02 Å². The van der Waals surface area contributed by atoms with Gasteiger partial charge in [0.25, 0.3) is 0 Å². The normalized spacial score (nSPS) is 17.1. The maximum atomic E-state index is 10.5. The first-order valence-electron chi connectivity index (χ1n) is 5.04. The number of hydrogen-bond acceptors (Lipinski definition) is 3. The maximum absolute atomic E-state index is 10.5. The molecule has 2 rings (SSSR count). The third kappa shape index (κ3) is 2.28. The highest BCUT2D eigenvalue weighted by molar-refractivity contribution is 6.32. The van der Waals surface area contributed by atoms with E-state index in [4.69, 9.17) is 11.6 Å². The molecule has 0 N–H and O–H groups in total. The summed E-state index contributed by atoms with van der Waals surface area (Å²) in [5.41, 5.74) is 0. The average Bonchev–Trinajstić information content (AvgIpc) is 2.75. The molecule has 1 aliphatic carbocycles. The van der Waals surface area contributed by atoms with Gasteiger partial charge in [0.05, 0.1) is 17.8 Å². The molecular weight excluding hydrogens is 218 g/mol. The maximum Gasteiger partial charge on any atom is 0.408 e. The van der Waals surface area contributed by atoms with Crippen molar-refractivity contribution >= 4 is 17.4 Å². The van der Waals surface area contributed by atoms with Gasteiger partial charge in [-0.2, -0.15) is 4.68 Å². The number of nitrogens with zero attached hydrogens (tertiary/aromatic N) is 3. The minimum atomic E-state index is -0.548. The van der Waals surface area contributed by atoms with Crippen molar-refractivity contribution in [3.05, 3.63) is 21.3 Å². The molecule has 0 amide bonds. The molecule has 0 saturated heterocycles. The first-order chi connectivity index (χ1) is 7.16. The topological polar surface area (TPSA) is 61.0 Å². The summed E-state index contributed by atoms with van der Waals surface area (Å²) >= 11 is 5.70. The van der Waals surface area contributed by atoms with E-state index in [0.29, 0.717) is 5.92 Å². The molecule has 1 fully saturated rings. The van der Waals surface area contributed by atoms with Crippen LogP contribution in [0, 0.1) is 16.0 Å². The van der Waals surface area contributed by atoms with Crippen LogP contribution >= 0.6 is 11.6 Å². The van der Waals surface area contributed by atoms with E-state index in [9.17, 15) is 10.1 Å². The van der Waals surface area contributed by atoms with Crippen LogP contribution in [-0.4, -0.2) is 14.7 Å². The summed E-state index contributed by atoms with van der Waals surface area (Å²) in [6.45, 7) is 0.744. The molecule has 0 aliphatic heterocycles. The quantitative estimate of drug-likeness (QED) is 0.591.